The molecule has 30 heavy (non-hydrogen) atoms. The third-order valence-corrected chi connectivity index (χ3v) is 6.10. The summed E-state index contributed by atoms with van der Waals surface area (Å²) < 4.78 is 0. The fourth-order valence-corrected chi connectivity index (χ4v) is 4.37. The molecule has 1 aromatic carbocycles. The van der Waals surface area contributed by atoms with E-state index in [0.29, 0.717) is 5.65 Å². The van der Waals surface area contributed by atoms with Gasteiger partial charge in [0, 0.05) is 30.6 Å². The molecule has 3 aromatic rings. The Balaban J connectivity index is 1.55. The topological polar surface area (TPSA) is 82.1 Å². The van der Waals surface area contributed by atoms with Crippen LogP contribution in [0.3, 0.4) is 0 Å². The van der Waals surface area contributed by atoms with Crippen molar-refractivity contribution in [2.24, 2.45) is 10.9 Å². The largest absolute Gasteiger partial charge is 0.369 e. The Bertz CT molecular complexity index is 1190. The van der Waals surface area contributed by atoms with Crippen LogP contribution in [0.15, 0.2) is 59.8 Å². The van der Waals surface area contributed by atoms with Crippen molar-refractivity contribution in [1.29, 1.82) is 0 Å². The lowest BCUT2D eigenvalue weighted by Gasteiger charge is -2.35. The van der Waals surface area contributed by atoms with Crippen molar-refractivity contribution in [1.82, 2.24) is 24.8 Å². The highest BCUT2D eigenvalue weighted by Crippen LogP contribution is 2.37. The zero-order valence-electron chi connectivity index (χ0n) is 16.8. The fourth-order valence-electron chi connectivity index (χ4n) is 4.12. The number of benzene rings is 1. The number of allylic oxidation sites excluding steroid dienone is 3. The Morgan fingerprint density at radius 2 is 2.17 bits per heavy atom. The summed E-state index contributed by atoms with van der Waals surface area (Å²) in [5.41, 5.74) is 5.68. The van der Waals surface area contributed by atoms with Crippen molar-refractivity contribution in [3.63, 3.8) is 0 Å². The second kappa shape index (κ2) is 7.57. The summed E-state index contributed by atoms with van der Waals surface area (Å²) in [7, 11) is 2.10. The molecule has 2 aliphatic heterocycles. The first kappa shape index (κ1) is 18.8. The molecule has 0 saturated carbocycles. The first-order valence-corrected chi connectivity index (χ1v) is 10.3. The van der Waals surface area contributed by atoms with Gasteiger partial charge in [0.1, 0.15) is 11.8 Å². The fraction of sp³-hybridized carbons (Fsp3) is 0.273. The van der Waals surface area contributed by atoms with E-state index in [9.17, 15) is 0 Å². The minimum Gasteiger partial charge on any atom is -0.369 e. The first-order chi connectivity index (χ1) is 14.6. The van der Waals surface area contributed by atoms with Crippen LogP contribution in [-0.2, 0) is 6.42 Å². The summed E-state index contributed by atoms with van der Waals surface area (Å²) in [5.74, 6) is 0.853. The number of hydrogen-bond acceptors (Lipinski definition) is 6. The van der Waals surface area contributed by atoms with Gasteiger partial charge in [0.25, 0.3) is 0 Å². The molecule has 0 spiro atoms. The molecule has 2 atom stereocenters. The van der Waals surface area contributed by atoms with Crippen molar-refractivity contribution in [3.8, 4) is 0 Å². The molecule has 0 saturated heterocycles. The first-order valence-electron chi connectivity index (χ1n) is 9.96. The highest BCUT2D eigenvalue weighted by Gasteiger charge is 2.33. The van der Waals surface area contributed by atoms with E-state index in [2.05, 4.69) is 62.4 Å². The zero-order chi connectivity index (χ0) is 20.7. The summed E-state index contributed by atoms with van der Waals surface area (Å²) in [6, 6.07) is 5.98. The lowest BCUT2D eigenvalue weighted by molar-refractivity contribution is 0.469. The van der Waals surface area contributed by atoms with Gasteiger partial charge in [0.15, 0.2) is 11.5 Å². The summed E-state index contributed by atoms with van der Waals surface area (Å²) in [5, 5.41) is 4.33. The van der Waals surface area contributed by atoms with Crippen LogP contribution in [0, 0.1) is 5.92 Å². The zero-order valence-corrected chi connectivity index (χ0v) is 17.6. The van der Waals surface area contributed by atoms with Crippen LogP contribution in [0.2, 0.25) is 5.02 Å². The Kier molecular flexibility index (Phi) is 4.75. The van der Waals surface area contributed by atoms with Gasteiger partial charge in [-0.05, 0) is 37.1 Å². The smallest absolute Gasteiger partial charge is 0.182 e. The van der Waals surface area contributed by atoms with Gasteiger partial charge in [-0.25, -0.2) is 15.0 Å². The van der Waals surface area contributed by atoms with Crippen LogP contribution in [-0.4, -0.2) is 50.2 Å². The third-order valence-electron chi connectivity index (χ3n) is 5.74. The van der Waals surface area contributed by atoms with E-state index in [1.807, 2.05) is 18.2 Å². The number of aromatic amines is 1. The number of nitrogens with zero attached hydrogens (tertiary/aromatic N) is 5. The number of imidazole rings is 1. The van der Waals surface area contributed by atoms with E-state index in [-0.39, 0.29) is 12.0 Å². The molecule has 2 unspecified atom stereocenters. The van der Waals surface area contributed by atoms with E-state index < -0.39 is 0 Å². The van der Waals surface area contributed by atoms with Gasteiger partial charge >= 0.3 is 0 Å². The average molecular weight is 420 g/mol. The maximum absolute atomic E-state index is 6.54. The molecule has 4 heterocycles. The molecule has 0 bridgehead atoms. The lowest BCUT2D eigenvalue weighted by atomic mass is 9.83. The molecular formula is C22H22ClN7. The number of rotatable bonds is 4. The molecule has 5 rings (SSSR count). The lowest BCUT2D eigenvalue weighted by Crippen LogP contribution is -2.40. The Morgan fingerprint density at radius 3 is 3.03 bits per heavy atom. The van der Waals surface area contributed by atoms with Crippen molar-refractivity contribution in [2.75, 3.05) is 18.9 Å². The highest BCUT2D eigenvalue weighted by atomic mass is 35.5. The number of aliphatic imine (C=N–C) groups is 1. The van der Waals surface area contributed by atoms with Crippen molar-refractivity contribution < 1.29 is 0 Å². The number of halogens is 1. The molecule has 0 aliphatic carbocycles. The van der Waals surface area contributed by atoms with Crippen LogP contribution in [0.1, 0.15) is 12.5 Å². The van der Waals surface area contributed by atoms with E-state index in [0.717, 1.165) is 52.0 Å². The van der Waals surface area contributed by atoms with Crippen molar-refractivity contribution >= 4 is 40.0 Å². The van der Waals surface area contributed by atoms with E-state index in [1.165, 1.54) is 6.33 Å². The molecule has 8 heteroatoms. The molecule has 2 N–H and O–H groups in total. The Morgan fingerprint density at radius 1 is 1.27 bits per heavy atom. The average Bonchev–Trinajstić information content (AvgIpc) is 3.23. The predicted octanol–water partition coefficient (Wildman–Crippen LogP) is 4.14. The quantitative estimate of drug-likeness (QED) is 0.664. The number of anilines is 1. The standard InChI is InChI=1S/C22H22ClN7/c1-13(28-22-20-21(25-11-24-20)26-12-27-22)14-10-15-16(23)6-5-7-17(15)29-19(14)18-8-3-4-9-30(18)2/h3-8,11-14H,9-10H2,1-2H3,(H2,24,25,26,27,28). The number of nitrogens with one attached hydrogen (secondary N) is 2. The monoisotopic (exact) mass is 419 g/mol. The van der Waals surface area contributed by atoms with Gasteiger partial charge in [0.2, 0.25) is 0 Å². The molecule has 2 aliphatic rings. The SMILES string of the molecule is CC(Nc1ncnc2nc[nH]c12)C1Cc2c(Cl)cccc2N=C1C1=CC=CCN1C. The minimum atomic E-state index is 0.0507. The number of aromatic nitrogens is 4. The summed E-state index contributed by atoms with van der Waals surface area (Å²) in [6.07, 6.45) is 10.3. The van der Waals surface area contributed by atoms with E-state index in [4.69, 9.17) is 16.6 Å². The van der Waals surface area contributed by atoms with Gasteiger partial charge in [0.05, 0.1) is 23.4 Å². The molecule has 0 fully saturated rings. The normalized spacial score (nSPS) is 19.3. The van der Waals surface area contributed by atoms with Crippen molar-refractivity contribution in [2.45, 2.75) is 19.4 Å². The van der Waals surface area contributed by atoms with Crippen LogP contribution < -0.4 is 5.32 Å². The molecule has 2 aromatic heterocycles. The second-order valence-electron chi connectivity index (χ2n) is 7.66. The van der Waals surface area contributed by atoms with Gasteiger partial charge < -0.3 is 15.2 Å². The molecule has 0 amide bonds. The van der Waals surface area contributed by atoms with Crippen molar-refractivity contribution in [3.05, 3.63) is 65.4 Å². The molecule has 0 radical (unpaired) electrons. The minimum absolute atomic E-state index is 0.0507. The van der Waals surface area contributed by atoms with Gasteiger partial charge in [-0.2, -0.15) is 0 Å². The Hall–Kier alpha value is -3.19. The van der Waals surface area contributed by atoms with Crippen LogP contribution >= 0.6 is 11.6 Å². The van der Waals surface area contributed by atoms with Crippen LogP contribution in [0.4, 0.5) is 11.5 Å². The predicted molar refractivity (Wildman–Crippen MR) is 120 cm³/mol. The number of likely N-dealkylation sites (N-methyl/N-ethyl adjacent to an activating group) is 1. The van der Waals surface area contributed by atoms with Gasteiger partial charge in [-0.3, -0.25) is 4.99 Å². The maximum atomic E-state index is 6.54. The second-order valence-corrected chi connectivity index (χ2v) is 8.07. The molecule has 152 valence electrons. The van der Waals surface area contributed by atoms with Crippen LogP contribution in [0.25, 0.3) is 11.2 Å². The van der Waals surface area contributed by atoms with Gasteiger partial charge in [-0.15, -0.1) is 0 Å². The summed E-state index contributed by atoms with van der Waals surface area (Å²) in [4.78, 5) is 23.3. The third kappa shape index (κ3) is 3.25. The highest BCUT2D eigenvalue weighted by molar-refractivity contribution is 6.32. The van der Waals surface area contributed by atoms with E-state index >= 15 is 0 Å². The number of H-pyrrole nitrogens is 1. The summed E-state index contributed by atoms with van der Waals surface area (Å²) >= 11 is 6.54. The Labute approximate surface area is 179 Å². The number of fused-ring (bicyclic) bond motifs is 2. The van der Waals surface area contributed by atoms with E-state index in [1.54, 1.807) is 6.33 Å². The summed E-state index contributed by atoms with van der Waals surface area (Å²) in [6.45, 7) is 3.02. The molecular weight excluding hydrogens is 398 g/mol. The van der Waals surface area contributed by atoms with Gasteiger partial charge in [-0.1, -0.05) is 29.8 Å². The van der Waals surface area contributed by atoms with Crippen LogP contribution in [0.5, 0.6) is 0 Å². The number of hydrogen-bond donors (Lipinski definition) is 2. The maximum Gasteiger partial charge on any atom is 0.182 e. The molecule has 7 nitrogen and oxygen atoms in total.